The molecular formula is C13H11BrF2N2O2. The summed E-state index contributed by atoms with van der Waals surface area (Å²) in [6, 6.07) is 1.63. The average Bonchev–Trinajstić information content (AvgIpc) is 2.84. The number of halogens is 3. The third kappa shape index (κ3) is 2.19. The van der Waals surface area contributed by atoms with E-state index in [1.54, 1.807) is 23.6 Å². The summed E-state index contributed by atoms with van der Waals surface area (Å²) in [4.78, 5) is 15.8. The number of hydrogen-bond donors (Lipinski definition) is 0. The van der Waals surface area contributed by atoms with Gasteiger partial charge in [0.25, 0.3) is 5.92 Å². The number of esters is 1. The molecule has 0 saturated heterocycles. The van der Waals surface area contributed by atoms with Gasteiger partial charge in [-0.1, -0.05) is 0 Å². The van der Waals surface area contributed by atoms with Gasteiger partial charge >= 0.3 is 5.97 Å². The van der Waals surface area contributed by atoms with Crippen LogP contribution in [0.25, 0.3) is 5.65 Å². The van der Waals surface area contributed by atoms with E-state index in [2.05, 4.69) is 20.9 Å². The molecule has 20 heavy (non-hydrogen) atoms. The normalized spacial score (nSPS) is 20.1. The van der Waals surface area contributed by atoms with Crippen molar-refractivity contribution in [2.75, 3.05) is 6.61 Å². The second kappa shape index (κ2) is 4.51. The van der Waals surface area contributed by atoms with E-state index >= 15 is 0 Å². The second-order valence-corrected chi connectivity index (χ2v) is 5.57. The van der Waals surface area contributed by atoms with Gasteiger partial charge in [0.15, 0.2) is 11.3 Å². The summed E-state index contributed by atoms with van der Waals surface area (Å²) < 4.78 is 33.3. The van der Waals surface area contributed by atoms with Gasteiger partial charge in [-0.15, -0.1) is 0 Å². The summed E-state index contributed by atoms with van der Waals surface area (Å²) in [6.45, 7) is 1.96. The summed E-state index contributed by atoms with van der Waals surface area (Å²) in [6.07, 6.45) is 2.94. The van der Waals surface area contributed by atoms with E-state index in [1.807, 2.05) is 0 Å². The predicted octanol–water partition coefficient (Wildman–Crippen LogP) is 3.40. The Morgan fingerprint density at radius 3 is 2.90 bits per heavy atom. The summed E-state index contributed by atoms with van der Waals surface area (Å²) in [5.41, 5.74) is 1.19. The van der Waals surface area contributed by atoms with Crippen LogP contribution in [-0.4, -0.2) is 27.9 Å². The summed E-state index contributed by atoms with van der Waals surface area (Å²) in [7, 11) is 0. The first-order chi connectivity index (χ1) is 9.42. The van der Waals surface area contributed by atoms with Crippen LogP contribution in [0.2, 0.25) is 0 Å². The van der Waals surface area contributed by atoms with Gasteiger partial charge in [-0.05, 0) is 34.5 Å². The molecule has 0 aliphatic heterocycles. The monoisotopic (exact) mass is 344 g/mol. The highest BCUT2D eigenvalue weighted by molar-refractivity contribution is 9.10. The molecule has 1 aliphatic rings. The number of carbonyl (C=O) groups excluding carboxylic acids is 1. The smallest absolute Gasteiger partial charge is 0.358 e. The van der Waals surface area contributed by atoms with Crippen LogP contribution < -0.4 is 0 Å². The van der Waals surface area contributed by atoms with Crippen molar-refractivity contribution in [3.63, 3.8) is 0 Å². The van der Waals surface area contributed by atoms with Crippen LogP contribution in [0.1, 0.15) is 35.3 Å². The van der Waals surface area contributed by atoms with Gasteiger partial charge in [-0.25, -0.2) is 18.6 Å². The van der Waals surface area contributed by atoms with Crippen molar-refractivity contribution < 1.29 is 18.3 Å². The highest BCUT2D eigenvalue weighted by Gasteiger charge is 2.57. The van der Waals surface area contributed by atoms with Crippen molar-refractivity contribution in [2.45, 2.75) is 25.2 Å². The van der Waals surface area contributed by atoms with E-state index in [-0.39, 0.29) is 18.7 Å². The highest BCUT2D eigenvalue weighted by atomic mass is 79.9. The first-order valence-corrected chi connectivity index (χ1v) is 6.95. The summed E-state index contributed by atoms with van der Waals surface area (Å²) in [5.74, 6) is -3.91. The van der Waals surface area contributed by atoms with Crippen molar-refractivity contribution >= 4 is 27.5 Å². The molecule has 2 heterocycles. The number of imidazole rings is 1. The minimum atomic E-state index is -2.63. The molecule has 0 N–H and O–H groups in total. The number of alkyl halides is 2. The SMILES string of the molecule is CCOC(=O)c1cn2cc(C3CC3(F)F)cc(Br)c2n1. The second-order valence-electron chi connectivity index (χ2n) is 4.72. The molecule has 0 amide bonds. The minimum Gasteiger partial charge on any atom is -0.461 e. The zero-order valence-corrected chi connectivity index (χ0v) is 12.2. The zero-order chi connectivity index (χ0) is 14.5. The lowest BCUT2D eigenvalue weighted by atomic mass is 10.2. The van der Waals surface area contributed by atoms with Crippen molar-refractivity contribution in [3.8, 4) is 0 Å². The van der Waals surface area contributed by atoms with Gasteiger partial charge < -0.3 is 9.14 Å². The van der Waals surface area contributed by atoms with Gasteiger partial charge in [0.2, 0.25) is 0 Å². The molecule has 7 heteroatoms. The van der Waals surface area contributed by atoms with Crippen molar-refractivity contribution in [2.24, 2.45) is 0 Å². The van der Waals surface area contributed by atoms with Crippen molar-refractivity contribution in [1.82, 2.24) is 9.38 Å². The van der Waals surface area contributed by atoms with E-state index in [0.29, 0.717) is 15.7 Å². The fourth-order valence-corrected chi connectivity index (χ4v) is 2.70. The molecule has 2 aromatic rings. The molecule has 1 aliphatic carbocycles. The average molecular weight is 345 g/mol. The topological polar surface area (TPSA) is 43.6 Å². The van der Waals surface area contributed by atoms with Gasteiger partial charge in [0, 0.05) is 18.8 Å². The van der Waals surface area contributed by atoms with Crippen LogP contribution in [-0.2, 0) is 4.74 Å². The first kappa shape index (κ1) is 13.5. The zero-order valence-electron chi connectivity index (χ0n) is 10.6. The third-order valence-corrected chi connectivity index (χ3v) is 3.82. The van der Waals surface area contributed by atoms with Crippen LogP contribution in [0, 0.1) is 0 Å². The van der Waals surface area contributed by atoms with Crippen LogP contribution >= 0.6 is 15.9 Å². The summed E-state index contributed by atoms with van der Waals surface area (Å²) >= 11 is 3.30. The standard InChI is InChI=1S/C13H11BrF2N2O2/c1-2-20-12(19)10-6-18-5-7(8-4-13(8,15)16)3-9(14)11(18)17-10/h3,5-6,8H,2,4H2,1H3. The molecule has 1 unspecified atom stereocenters. The number of pyridine rings is 1. The number of carbonyl (C=O) groups is 1. The quantitative estimate of drug-likeness (QED) is 0.801. The molecule has 0 aromatic carbocycles. The van der Waals surface area contributed by atoms with Gasteiger partial charge in [-0.3, -0.25) is 0 Å². The minimum absolute atomic E-state index is 0.135. The maximum Gasteiger partial charge on any atom is 0.358 e. The number of nitrogens with zero attached hydrogens (tertiary/aromatic N) is 2. The molecular weight excluding hydrogens is 334 g/mol. The fraction of sp³-hybridized carbons (Fsp3) is 0.385. The molecule has 3 rings (SSSR count). The molecule has 0 radical (unpaired) electrons. The Morgan fingerprint density at radius 2 is 2.30 bits per heavy atom. The number of hydrogen-bond acceptors (Lipinski definition) is 3. The number of fused-ring (bicyclic) bond motifs is 1. The fourth-order valence-electron chi connectivity index (χ4n) is 2.15. The van der Waals surface area contributed by atoms with Crippen molar-refractivity contribution in [3.05, 3.63) is 34.2 Å². The lowest BCUT2D eigenvalue weighted by Crippen LogP contribution is -2.04. The van der Waals surface area contributed by atoms with Gasteiger partial charge in [0.05, 0.1) is 17.0 Å². The Balaban J connectivity index is 2.01. The lowest BCUT2D eigenvalue weighted by molar-refractivity contribution is 0.0520. The highest BCUT2D eigenvalue weighted by Crippen LogP contribution is 2.55. The maximum atomic E-state index is 13.1. The summed E-state index contributed by atoms with van der Waals surface area (Å²) in [5, 5.41) is 0. The Morgan fingerprint density at radius 1 is 1.60 bits per heavy atom. The number of rotatable bonds is 3. The molecule has 1 atom stereocenters. The third-order valence-electron chi connectivity index (χ3n) is 3.24. The van der Waals surface area contributed by atoms with Crippen LogP contribution in [0.4, 0.5) is 8.78 Å². The molecule has 106 valence electrons. The molecule has 4 nitrogen and oxygen atoms in total. The van der Waals surface area contributed by atoms with Crippen LogP contribution in [0.3, 0.4) is 0 Å². The molecule has 0 bridgehead atoms. The largest absolute Gasteiger partial charge is 0.461 e. The Kier molecular flexibility index (Phi) is 3.04. The molecule has 1 fully saturated rings. The Hall–Kier alpha value is -1.50. The van der Waals surface area contributed by atoms with Crippen LogP contribution in [0.15, 0.2) is 22.9 Å². The maximum absolute atomic E-state index is 13.1. The van der Waals surface area contributed by atoms with Crippen LogP contribution in [0.5, 0.6) is 0 Å². The van der Waals surface area contributed by atoms with Gasteiger partial charge in [0.1, 0.15) is 0 Å². The predicted molar refractivity (Wildman–Crippen MR) is 71.2 cm³/mol. The molecule has 1 saturated carbocycles. The Labute approximate surface area is 121 Å². The Bertz CT molecular complexity index is 699. The first-order valence-electron chi connectivity index (χ1n) is 6.15. The van der Waals surface area contributed by atoms with E-state index < -0.39 is 17.8 Å². The van der Waals surface area contributed by atoms with E-state index in [0.717, 1.165) is 0 Å². The molecule has 2 aromatic heterocycles. The lowest BCUT2D eigenvalue weighted by Gasteiger charge is -2.03. The molecule has 0 spiro atoms. The number of aromatic nitrogens is 2. The number of ether oxygens (including phenoxy) is 1. The van der Waals surface area contributed by atoms with E-state index in [9.17, 15) is 13.6 Å². The van der Waals surface area contributed by atoms with E-state index in [4.69, 9.17) is 4.74 Å². The van der Waals surface area contributed by atoms with Gasteiger partial charge in [-0.2, -0.15) is 0 Å². The van der Waals surface area contributed by atoms with E-state index in [1.165, 1.54) is 6.20 Å². The van der Waals surface area contributed by atoms with Crippen molar-refractivity contribution in [1.29, 1.82) is 0 Å².